The standard InChI is InChI=1S/C15H12Cl2N2S/c1-9-15(12-6-3-7-20-12)19-13(18-9)8-10-4-2-5-11(16)14(10)17/h2-7H,8H2,1H3,(H,18,19). The summed E-state index contributed by atoms with van der Waals surface area (Å²) in [5, 5.41) is 3.23. The number of benzene rings is 1. The molecule has 0 spiro atoms. The molecular weight excluding hydrogens is 311 g/mol. The van der Waals surface area contributed by atoms with Crippen LogP contribution in [0.4, 0.5) is 0 Å². The minimum atomic E-state index is 0.575. The van der Waals surface area contributed by atoms with Gasteiger partial charge in [0, 0.05) is 12.1 Å². The van der Waals surface area contributed by atoms with E-state index in [1.165, 1.54) is 4.88 Å². The third kappa shape index (κ3) is 2.62. The number of aryl methyl sites for hydroxylation is 1. The van der Waals surface area contributed by atoms with E-state index < -0.39 is 0 Å². The summed E-state index contributed by atoms with van der Waals surface area (Å²) in [6.45, 7) is 2.03. The molecule has 2 aromatic heterocycles. The van der Waals surface area contributed by atoms with Crippen molar-refractivity contribution >= 4 is 34.5 Å². The lowest BCUT2D eigenvalue weighted by Gasteiger charge is -2.03. The van der Waals surface area contributed by atoms with Gasteiger partial charge in [0.25, 0.3) is 0 Å². The van der Waals surface area contributed by atoms with Gasteiger partial charge < -0.3 is 4.98 Å². The van der Waals surface area contributed by atoms with Crippen LogP contribution in [0.15, 0.2) is 35.7 Å². The van der Waals surface area contributed by atoms with Gasteiger partial charge >= 0.3 is 0 Å². The summed E-state index contributed by atoms with van der Waals surface area (Å²) < 4.78 is 0. The Bertz CT molecular complexity index is 732. The molecule has 0 aliphatic carbocycles. The normalized spacial score (nSPS) is 10.9. The van der Waals surface area contributed by atoms with Crippen LogP contribution in [0, 0.1) is 6.92 Å². The number of hydrogen-bond acceptors (Lipinski definition) is 2. The Hall–Kier alpha value is -1.29. The van der Waals surface area contributed by atoms with Crippen LogP contribution in [0.1, 0.15) is 17.1 Å². The minimum absolute atomic E-state index is 0.575. The molecule has 0 unspecified atom stereocenters. The van der Waals surface area contributed by atoms with Crippen LogP contribution in [-0.2, 0) is 6.42 Å². The molecular formula is C15H12Cl2N2S. The van der Waals surface area contributed by atoms with Gasteiger partial charge in [0.15, 0.2) is 0 Å². The molecule has 0 aliphatic heterocycles. The first kappa shape index (κ1) is 13.7. The maximum Gasteiger partial charge on any atom is 0.111 e. The average Bonchev–Trinajstić information content (AvgIpc) is 3.04. The Labute approximate surface area is 131 Å². The van der Waals surface area contributed by atoms with E-state index in [-0.39, 0.29) is 0 Å². The van der Waals surface area contributed by atoms with Crippen molar-refractivity contribution in [3.05, 3.63) is 62.8 Å². The van der Waals surface area contributed by atoms with Crippen molar-refractivity contribution in [1.29, 1.82) is 0 Å². The second-order valence-electron chi connectivity index (χ2n) is 4.52. The van der Waals surface area contributed by atoms with Gasteiger partial charge in [-0.1, -0.05) is 41.4 Å². The third-order valence-electron chi connectivity index (χ3n) is 3.08. The van der Waals surface area contributed by atoms with E-state index in [0.29, 0.717) is 16.5 Å². The number of aromatic amines is 1. The zero-order valence-corrected chi connectivity index (χ0v) is 13.1. The van der Waals surface area contributed by atoms with Crippen molar-refractivity contribution in [2.24, 2.45) is 0 Å². The van der Waals surface area contributed by atoms with E-state index in [4.69, 9.17) is 23.2 Å². The molecule has 1 aromatic carbocycles. The zero-order chi connectivity index (χ0) is 14.1. The molecule has 20 heavy (non-hydrogen) atoms. The smallest absolute Gasteiger partial charge is 0.111 e. The second-order valence-corrected chi connectivity index (χ2v) is 6.26. The van der Waals surface area contributed by atoms with Gasteiger partial charge in [0.05, 0.1) is 14.9 Å². The number of imidazole rings is 1. The monoisotopic (exact) mass is 322 g/mol. The molecule has 3 rings (SSSR count). The number of nitrogens with one attached hydrogen (secondary N) is 1. The van der Waals surface area contributed by atoms with Crippen LogP contribution in [0.2, 0.25) is 10.0 Å². The first-order valence-corrected chi connectivity index (χ1v) is 7.81. The van der Waals surface area contributed by atoms with Crippen molar-refractivity contribution in [2.45, 2.75) is 13.3 Å². The van der Waals surface area contributed by atoms with E-state index >= 15 is 0 Å². The number of nitrogens with zero attached hydrogens (tertiary/aromatic N) is 1. The average molecular weight is 323 g/mol. The largest absolute Gasteiger partial charge is 0.345 e. The van der Waals surface area contributed by atoms with Crippen LogP contribution in [-0.4, -0.2) is 9.97 Å². The van der Waals surface area contributed by atoms with Gasteiger partial charge in [-0.05, 0) is 30.0 Å². The highest BCUT2D eigenvalue weighted by Gasteiger charge is 2.12. The Balaban J connectivity index is 1.93. The Morgan fingerprint density at radius 3 is 2.80 bits per heavy atom. The minimum Gasteiger partial charge on any atom is -0.345 e. The highest BCUT2D eigenvalue weighted by Crippen LogP contribution is 2.29. The summed E-state index contributed by atoms with van der Waals surface area (Å²) in [5.74, 6) is 0.898. The fourth-order valence-corrected chi connectivity index (χ4v) is 3.28. The van der Waals surface area contributed by atoms with Gasteiger partial charge in [-0.2, -0.15) is 0 Å². The molecule has 1 N–H and O–H groups in total. The molecule has 0 fully saturated rings. The summed E-state index contributed by atoms with van der Waals surface area (Å²) in [6.07, 6.45) is 0.644. The van der Waals surface area contributed by atoms with Crippen LogP contribution in [0.5, 0.6) is 0 Å². The molecule has 3 aromatic rings. The molecule has 5 heteroatoms. The number of hydrogen-bond donors (Lipinski definition) is 1. The lowest BCUT2D eigenvalue weighted by molar-refractivity contribution is 1.02. The van der Waals surface area contributed by atoms with Crippen molar-refractivity contribution in [2.75, 3.05) is 0 Å². The van der Waals surface area contributed by atoms with E-state index in [1.807, 2.05) is 25.1 Å². The molecule has 2 nitrogen and oxygen atoms in total. The molecule has 0 aliphatic rings. The maximum absolute atomic E-state index is 6.22. The summed E-state index contributed by atoms with van der Waals surface area (Å²) in [5.41, 5.74) is 3.05. The van der Waals surface area contributed by atoms with E-state index in [9.17, 15) is 0 Å². The van der Waals surface area contributed by atoms with Gasteiger partial charge in [-0.25, -0.2) is 4.98 Å². The molecule has 0 bridgehead atoms. The second kappa shape index (κ2) is 5.60. The van der Waals surface area contributed by atoms with Crippen molar-refractivity contribution in [1.82, 2.24) is 9.97 Å². The predicted molar refractivity (Wildman–Crippen MR) is 85.9 cm³/mol. The topological polar surface area (TPSA) is 28.7 Å². The highest BCUT2D eigenvalue weighted by atomic mass is 35.5. The lowest BCUT2D eigenvalue weighted by atomic mass is 10.1. The van der Waals surface area contributed by atoms with Gasteiger partial charge in [0.2, 0.25) is 0 Å². The number of halogens is 2. The molecule has 102 valence electrons. The van der Waals surface area contributed by atoms with Crippen LogP contribution in [0.3, 0.4) is 0 Å². The zero-order valence-electron chi connectivity index (χ0n) is 10.8. The van der Waals surface area contributed by atoms with Gasteiger partial charge in [0.1, 0.15) is 11.5 Å². The molecule has 0 saturated carbocycles. The SMILES string of the molecule is Cc1[nH]c(Cc2cccc(Cl)c2Cl)nc1-c1cccs1. The van der Waals surface area contributed by atoms with Crippen LogP contribution < -0.4 is 0 Å². The highest BCUT2D eigenvalue weighted by molar-refractivity contribution is 7.13. The number of thiophene rings is 1. The first-order valence-electron chi connectivity index (χ1n) is 6.17. The fourth-order valence-electron chi connectivity index (χ4n) is 2.12. The summed E-state index contributed by atoms with van der Waals surface area (Å²) in [6, 6.07) is 9.76. The quantitative estimate of drug-likeness (QED) is 0.692. The van der Waals surface area contributed by atoms with E-state index in [2.05, 4.69) is 21.4 Å². The van der Waals surface area contributed by atoms with Crippen molar-refractivity contribution < 1.29 is 0 Å². The van der Waals surface area contributed by atoms with Crippen molar-refractivity contribution in [3.63, 3.8) is 0 Å². The molecule has 2 heterocycles. The van der Waals surface area contributed by atoms with Gasteiger partial charge in [-0.15, -0.1) is 11.3 Å². The van der Waals surface area contributed by atoms with E-state index in [1.54, 1.807) is 17.4 Å². The molecule has 0 radical (unpaired) electrons. The van der Waals surface area contributed by atoms with Gasteiger partial charge in [-0.3, -0.25) is 0 Å². The lowest BCUT2D eigenvalue weighted by Crippen LogP contribution is -1.92. The summed E-state index contributed by atoms with van der Waals surface area (Å²) >= 11 is 13.9. The van der Waals surface area contributed by atoms with Crippen LogP contribution >= 0.6 is 34.5 Å². The molecule has 0 atom stereocenters. The molecule has 0 saturated heterocycles. The Morgan fingerprint density at radius 1 is 1.20 bits per heavy atom. The summed E-state index contributed by atoms with van der Waals surface area (Å²) in [7, 11) is 0. The summed E-state index contributed by atoms with van der Waals surface area (Å²) in [4.78, 5) is 9.16. The predicted octanol–water partition coefficient (Wildman–Crippen LogP) is 5.34. The fraction of sp³-hybridized carbons (Fsp3) is 0.133. The Morgan fingerprint density at radius 2 is 2.05 bits per heavy atom. The third-order valence-corrected chi connectivity index (χ3v) is 4.81. The number of rotatable bonds is 3. The van der Waals surface area contributed by atoms with Crippen LogP contribution in [0.25, 0.3) is 10.6 Å². The van der Waals surface area contributed by atoms with E-state index in [0.717, 1.165) is 22.8 Å². The molecule has 0 amide bonds. The number of aromatic nitrogens is 2. The maximum atomic E-state index is 6.22. The first-order chi connectivity index (χ1) is 9.65. The van der Waals surface area contributed by atoms with Crippen molar-refractivity contribution in [3.8, 4) is 10.6 Å². The Kier molecular flexibility index (Phi) is 3.83. The number of H-pyrrole nitrogens is 1.